The summed E-state index contributed by atoms with van der Waals surface area (Å²) >= 11 is 0. The van der Waals surface area contributed by atoms with Crippen LogP contribution in [0.25, 0.3) is 0 Å². The molecule has 2 amide bonds. The van der Waals surface area contributed by atoms with Gasteiger partial charge in [0.05, 0.1) is 9.79 Å². The predicted molar refractivity (Wildman–Crippen MR) is 91.9 cm³/mol. The van der Waals surface area contributed by atoms with E-state index in [1.807, 2.05) is 0 Å². The van der Waals surface area contributed by atoms with Crippen LogP contribution in [0.1, 0.15) is 13.8 Å². The van der Waals surface area contributed by atoms with Gasteiger partial charge in [-0.3, -0.25) is 9.59 Å². The summed E-state index contributed by atoms with van der Waals surface area (Å²) in [4.78, 5) is 20.5. The maximum Gasteiger partial charge on any atom is 0.221 e. The Bertz CT molecular complexity index is 809. The average Bonchev–Trinajstić information content (AvgIpc) is 2.47. The highest BCUT2D eigenvalue weighted by molar-refractivity contribution is 7.91. The molecule has 0 saturated carbocycles. The molecular weight excluding hydrogens is 330 g/mol. The number of hydrogen-bond donors (Lipinski definition) is 3. The molecule has 0 heterocycles. The van der Waals surface area contributed by atoms with E-state index in [2.05, 4.69) is 11.1 Å². The molecule has 5 N–H and O–H groups in total. The first-order valence-corrected chi connectivity index (χ1v) is 8.35. The minimum absolute atomic E-state index is 0.163. The highest BCUT2D eigenvalue weighted by atomic mass is 32.2. The lowest BCUT2D eigenvalue weighted by atomic mass is 10.3. The Kier molecular flexibility index (Phi) is 6.48. The molecule has 0 atom stereocenters. The van der Waals surface area contributed by atoms with E-state index in [0.717, 1.165) is 0 Å². The van der Waals surface area contributed by atoms with Crippen molar-refractivity contribution < 1.29 is 18.0 Å². The summed E-state index contributed by atoms with van der Waals surface area (Å²) in [5.41, 5.74) is 11.1. The van der Waals surface area contributed by atoms with Crippen molar-refractivity contribution in [3.8, 4) is 0 Å². The van der Waals surface area contributed by atoms with Crippen LogP contribution in [-0.4, -0.2) is 20.2 Å². The number of nitrogens with two attached hydrogens (primary N) is 2. The van der Waals surface area contributed by atoms with E-state index in [9.17, 15) is 18.0 Å². The lowest BCUT2D eigenvalue weighted by Crippen LogP contribution is -2.06. The van der Waals surface area contributed by atoms with Crippen LogP contribution >= 0.6 is 0 Å². The summed E-state index contributed by atoms with van der Waals surface area (Å²) in [5, 5.41) is 2.58. The largest absolute Gasteiger partial charge is 0.399 e. The van der Waals surface area contributed by atoms with Gasteiger partial charge < -0.3 is 16.8 Å². The minimum Gasteiger partial charge on any atom is -0.399 e. The Morgan fingerprint density at radius 2 is 1.25 bits per heavy atom. The van der Waals surface area contributed by atoms with Crippen molar-refractivity contribution in [3.05, 3.63) is 48.5 Å². The van der Waals surface area contributed by atoms with Gasteiger partial charge in [0.15, 0.2) is 0 Å². The van der Waals surface area contributed by atoms with Crippen LogP contribution in [0.3, 0.4) is 0 Å². The van der Waals surface area contributed by atoms with Crippen LogP contribution in [0, 0.1) is 0 Å². The second-order valence-corrected chi connectivity index (χ2v) is 6.84. The number of hydrogen-bond acceptors (Lipinski definition) is 5. The van der Waals surface area contributed by atoms with E-state index in [1.54, 1.807) is 24.3 Å². The third kappa shape index (κ3) is 5.73. The van der Waals surface area contributed by atoms with Gasteiger partial charge in [-0.1, -0.05) is 0 Å². The summed E-state index contributed by atoms with van der Waals surface area (Å²) in [6, 6.07) is 12.0. The van der Waals surface area contributed by atoms with Crippen LogP contribution in [0.2, 0.25) is 0 Å². The summed E-state index contributed by atoms with van der Waals surface area (Å²) in [7, 11) is -3.57. The molecule has 0 unspecified atom stereocenters. The van der Waals surface area contributed by atoms with Gasteiger partial charge in [-0.15, -0.1) is 0 Å². The van der Waals surface area contributed by atoms with Gasteiger partial charge in [-0.25, -0.2) is 8.42 Å². The first kappa shape index (κ1) is 19.2. The Hall–Kier alpha value is -2.87. The van der Waals surface area contributed by atoms with Crippen molar-refractivity contribution in [2.75, 3.05) is 11.1 Å². The summed E-state index contributed by atoms with van der Waals surface area (Å²) < 4.78 is 24.7. The predicted octanol–water partition coefficient (Wildman–Crippen LogP) is 1.55. The summed E-state index contributed by atoms with van der Waals surface area (Å²) in [6.45, 7) is 2.69. The topological polar surface area (TPSA) is 132 Å². The average molecular weight is 349 g/mol. The molecular formula is C16H19N3O4S. The van der Waals surface area contributed by atoms with Gasteiger partial charge in [0.25, 0.3) is 0 Å². The Labute approximate surface area is 140 Å². The molecule has 2 aromatic carbocycles. The fourth-order valence-corrected chi connectivity index (χ4v) is 2.96. The van der Waals surface area contributed by atoms with Crippen LogP contribution < -0.4 is 16.8 Å². The number of carbonyl (C=O) groups excluding carboxylic acids is 2. The molecule has 0 aliphatic rings. The molecule has 0 saturated heterocycles. The molecule has 128 valence electrons. The Morgan fingerprint density at radius 3 is 1.62 bits per heavy atom. The quantitative estimate of drug-likeness (QED) is 0.723. The summed E-state index contributed by atoms with van der Waals surface area (Å²) in [5.74, 6) is -0.542. The van der Waals surface area contributed by atoms with Crippen LogP contribution in [0.5, 0.6) is 0 Å². The Morgan fingerprint density at radius 1 is 0.875 bits per heavy atom. The zero-order valence-corrected chi connectivity index (χ0v) is 14.1. The number of rotatable bonds is 3. The molecule has 2 aromatic rings. The van der Waals surface area contributed by atoms with E-state index >= 15 is 0 Å². The molecule has 0 aliphatic heterocycles. The molecule has 7 nitrogen and oxygen atoms in total. The summed E-state index contributed by atoms with van der Waals surface area (Å²) in [6.07, 6.45) is 0. The maximum atomic E-state index is 12.4. The smallest absolute Gasteiger partial charge is 0.221 e. The lowest BCUT2D eigenvalue weighted by molar-refractivity contribution is -0.116. The number of nitrogen functional groups attached to an aromatic ring is 1. The van der Waals surface area contributed by atoms with Gasteiger partial charge in [-0.05, 0) is 48.5 Å². The number of primary amides is 1. The fourth-order valence-electron chi connectivity index (χ4n) is 1.70. The molecule has 0 fully saturated rings. The van der Waals surface area contributed by atoms with Crippen molar-refractivity contribution in [1.29, 1.82) is 0 Å². The van der Waals surface area contributed by atoms with Crippen molar-refractivity contribution in [2.24, 2.45) is 5.73 Å². The monoisotopic (exact) mass is 349 g/mol. The molecule has 0 aromatic heterocycles. The van der Waals surface area contributed by atoms with Gasteiger partial charge in [-0.2, -0.15) is 0 Å². The zero-order chi connectivity index (χ0) is 18.3. The maximum absolute atomic E-state index is 12.4. The SMILES string of the molecule is CC(=O)Nc1ccc(S(=O)(=O)c2ccc(N)cc2)cc1.CC(N)=O. The zero-order valence-electron chi connectivity index (χ0n) is 13.3. The Balaban J connectivity index is 0.000000648. The van der Waals surface area contributed by atoms with E-state index in [4.69, 9.17) is 5.73 Å². The van der Waals surface area contributed by atoms with Gasteiger partial charge in [0.1, 0.15) is 0 Å². The molecule has 0 aliphatic carbocycles. The third-order valence-corrected chi connectivity index (χ3v) is 4.46. The number of benzene rings is 2. The van der Waals surface area contributed by atoms with Crippen molar-refractivity contribution in [2.45, 2.75) is 23.6 Å². The minimum atomic E-state index is -3.57. The van der Waals surface area contributed by atoms with Crippen LogP contribution in [0.15, 0.2) is 58.3 Å². The van der Waals surface area contributed by atoms with E-state index in [1.165, 1.54) is 38.1 Å². The standard InChI is InChI=1S/C14H14N2O3S.C2H5NO/c1-10(17)16-12-4-8-14(9-5-12)20(18,19)13-6-2-11(15)3-7-13;1-2(3)4/h2-9H,15H2,1H3,(H,16,17);1H3,(H2,3,4). The second-order valence-electron chi connectivity index (χ2n) is 4.89. The van der Waals surface area contributed by atoms with Crippen LogP contribution in [0.4, 0.5) is 11.4 Å². The number of carbonyl (C=O) groups is 2. The highest BCUT2D eigenvalue weighted by Crippen LogP contribution is 2.23. The number of nitrogens with one attached hydrogen (secondary N) is 1. The molecule has 8 heteroatoms. The molecule has 0 spiro atoms. The molecule has 2 rings (SSSR count). The van der Waals surface area contributed by atoms with Crippen molar-refractivity contribution in [3.63, 3.8) is 0 Å². The fraction of sp³-hybridized carbons (Fsp3) is 0.125. The van der Waals surface area contributed by atoms with Crippen LogP contribution in [-0.2, 0) is 19.4 Å². The number of sulfone groups is 1. The van der Waals surface area contributed by atoms with Crippen molar-refractivity contribution in [1.82, 2.24) is 0 Å². The lowest BCUT2D eigenvalue weighted by Gasteiger charge is -2.06. The van der Waals surface area contributed by atoms with E-state index in [-0.39, 0.29) is 21.6 Å². The van der Waals surface area contributed by atoms with Gasteiger partial charge >= 0.3 is 0 Å². The van der Waals surface area contributed by atoms with Crippen molar-refractivity contribution >= 4 is 33.0 Å². The molecule has 0 bridgehead atoms. The molecule has 24 heavy (non-hydrogen) atoms. The number of amides is 2. The second kappa shape index (κ2) is 8.11. The molecule has 0 radical (unpaired) electrons. The first-order chi connectivity index (χ1) is 11.1. The van der Waals surface area contributed by atoms with E-state index < -0.39 is 9.84 Å². The number of anilines is 2. The normalized spacial score (nSPS) is 10.2. The first-order valence-electron chi connectivity index (χ1n) is 6.87. The van der Waals surface area contributed by atoms with E-state index in [0.29, 0.717) is 11.4 Å². The third-order valence-electron chi connectivity index (χ3n) is 2.68. The highest BCUT2D eigenvalue weighted by Gasteiger charge is 2.17. The van der Waals surface area contributed by atoms with Gasteiger partial charge in [0.2, 0.25) is 21.7 Å². The van der Waals surface area contributed by atoms with Gasteiger partial charge in [0, 0.05) is 25.2 Å².